The minimum absolute atomic E-state index is 0.0765. The lowest BCUT2D eigenvalue weighted by atomic mass is 9.95. The molecule has 0 spiro atoms. The first-order valence-electron chi connectivity index (χ1n) is 10.5. The summed E-state index contributed by atoms with van der Waals surface area (Å²) in [5.41, 5.74) is 2.68. The van der Waals surface area contributed by atoms with E-state index in [0.29, 0.717) is 25.6 Å². The number of benzene rings is 1. The van der Waals surface area contributed by atoms with Crippen LogP contribution in [0.4, 0.5) is 9.18 Å². The van der Waals surface area contributed by atoms with Crippen molar-refractivity contribution in [1.29, 1.82) is 0 Å². The lowest BCUT2D eigenvalue weighted by Crippen LogP contribution is -2.43. The van der Waals surface area contributed by atoms with E-state index in [9.17, 15) is 14.3 Å². The summed E-state index contributed by atoms with van der Waals surface area (Å²) in [7, 11) is 1.83. The Bertz CT molecular complexity index is 822. The number of hydrogen-bond donors (Lipinski definition) is 2. The number of amides is 2. The summed E-state index contributed by atoms with van der Waals surface area (Å²) in [6.45, 7) is 5.43. The summed E-state index contributed by atoms with van der Waals surface area (Å²) >= 11 is 0. The highest BCUT2D eigenvalue weighted by atomic mass is 19.1. The van der Waals surface area contributed by atoms with Crippen molar-refractivity contribution < 1.29 is 14.3 Å². The molecule has 1 aliphatic heterocycles. The highest BCUT2D eigenvalue weighted by molar-refractivity contribution is 5.73. The zero-order valence-electron chi connectivity index (χ0n) is 17.7. The molecule has 162 valence electrons. The Morgan fingerprint density at radius 1 is 1.30 bits per heavy atom. The third-order valence-electron chi connectivity index (χ3n) is 5.82. The Kier molecular flexibility index (Phi) is 7.76. The van der Waals surface area contributed by atoms with E-state index in [2.05, 4.69) is 15.2 Å². The maximum Gasteiger partial charge on any atom is 0.317 e. The van der Waals surface area contributed by atoms with E-state index in [4.69, 9.17) is 0 Å². The number of aryl methyl sites for hydroxylation is 1. The molecule has 1 unspecified atom stereocenters. The maximum absolute atomic E-state index is 13.0. The van der Waals surface area contributed by atoms with E-state index in [-0.39, 0.29) is 11.8 Å². The number of piperidine rings is 1. The van der Waals surface area contributed by atoms with E-state index in [1.54, 1.807) is 23.2 Å². The molecule has 3 rings (SSSR count). The quantitative estimate of drug-likeness (QED) is 0.731. The van der Waals surface area contributed by atoms with Crippen molar-refractivity contribution in [2.75, 3.05) is 33.2 Å². The summed E-state index contributed by atoms with van der Waals surface area (Å²) in [6.07, 6.45) is 3.09. The number of nitrogens with one attached hydrogen (secondary N) is 1. The van der Waals surface area contributed by atoms with E-state index in [1.807, 2.05) is 26.1 Å². The molecule has 2 aromatic rings. The Balaban J connectivity index is 1.38. The van der Waals surface area contributed by atoms with Gasteiger partial charge in [0.25, 0.3) is 0 Å². The summed E-state index contributed by atoms with van der Waals surface area (Å²) in [5.74, 6) is 0.149. The lowest BCUT2D eigenvalue weighted by molar-refractivity contribution is 0.0847. The van der Waals surface area contributed by atoms with Crippen molar-refractivity contribution in [2.45, 2.75) is 32.4 Å². The Morgan fingerprint density at radius 3 is 2.67 bits per heavy atom. The molecule has 1 fully saturated rings. The number of β-amino-alcohol motifs (C(OH)–C–C–N with tert-alkyl or cyclic N) is 1. The second-order valence-corrected chi connectivity index (χ2v) is 8.10. The molecule has 1 atom stereocenters. The SMILES string of the molecule is Cc1ncccc1CNC(=O)N(C)CC1CCN(CC(O)c2ccc(F)cc2)CC1. The molecule has 1 aliphatic rings. The lowest BCUT2D eigenvalue weighted by Gasteiger charge is -2.34. The van der Waals surface area contributed by atoms with Gasteiger partial charge < -0.3 is 20.2 Å². The molecule has 0 aliphatic carbocycles. The molecular formula is C23H31FN4O2. The highest BCUT2D eigenvalue weighted by Crippen LogP contribution is 2.21. The molecule has 2 heterocycles. The van der Waals surface area contributed by atoms with Crippen molar-refractivity contribution in [2.24, 2.45) is 5.92 Å². The van der Waals surface area contributed by atoms with Gasteiger partial charge in [0.15, 0.2) is 0 Å². The fraction of sp³-hybridized carbons (Fsp3) is 0.478. The van der Waals surface area contributed by atoms with E-state index in [1.165, 1.54) is 12.1 Å². The van der Waals surface area contributed by atoms with Crippen LogP contribution in [0.2, 0.25) is 0 Å². The summed E-state index contributed by atoms with van der Waals surface area (Å²) < 4.78 is 13.0. The van der Waals surface area contributed by atoms with Gasteiger partial charge in [-0.2, -0.15) is 0 Å². The van der Waals surface area contributed by atoms with Crippen LogP contribution in [0.5, 0.6) is 0 Å². The number of carbonyl (C=O) groups excluding carboxylic acids is 1. The average molecular weight is 415 g/mol. The number of aliphatic hydroxyl groups excluding tert-OH is 1. The molecule has 30 heavy (non-hydrogen) atoms. The third-order valence-corrected chi connectivity index (χ3v) is 5.82. The van der Waals surface area contributed by atoms with Crippen LogP contribution < -0.4 is 5.32 Å². The summed E-state index contributed by atoms with van der Waals surface area (Å²) in [5, 5.41) is 13.4. The number of aliphatic hydroxyl groups is 1. The molecule has 1 aromatic heterocycles. The van der Waals surface area contributed by atoms with E-state index < -0.39 is 6.10 Å². The first-order chi connectivity index (χ1) is 14.4. The first-order valence-corrected chi connectivity index (χ1v) is 10.5. The molecule has 0 radical (unpaired) electrons. The van der Waals surface area contributed by atoms with Crippen LogP contribution in [-0.2, 0) is 6.54 Å². The molecule has 2 N–H and O–H groups in total. The van der Waals surface area contributed by atoms with Gasteiger partial charge in [0, 0.05) is 38.6 Å². The van der Waals surface area contributed by atoms with Crippen LogP contribution in [0.25, 0.3) is 0 Å². The molecule has 0 bridgehead atoms. The van der Waals surface area contributed by atoms with Gasteiger partial charge in [-0.25, -0.2) is 9.18 Å². The molecule has 1 saturated heterocycles. The summed E-state index contributed by atoms with van der Waals surface area (Å²) in [6, 6.07) is 9.79. The van der Waals surface area contributed by atoms with Gasteiger partial charge in [-0.3, -0.25) is 4.98 Å². The number of nitrogens with zero attached hydrogens (tertiary/aromatic N) is 3. The van der Waals surface area contributed by atoms with Crippen LogP contribution >= 0.6 is 0 Å². The van der Waals surface area contributed by atoms with Crippen molar-refractivity contribution in [3.63, 3.8) is 0 Å². The predicted molar refractivity (Wildman–Crippen MR) is 114 cm³/mol. The van der Waals surface area contributed by atoms with Crippen molar-refractivity contribution in [3.8, 4) is 0 Å². The standard InChI is InChI=1S/C23H31FN4O2/c1-17-20(4-3-11-25-17)14-26-23(30)27(2)15-18-9-12-28(13-10-18)16-22(29)19-5-7-21(24)8-6-19/h3-8,11,18,22,29H,9-10,12-16H2,1-2H3,(H,26,30). The number of carbonyl (C=O) groups is 1. The molecular weight excluding hydrogens is 383 g/mol. The molecule has 7 heteroatoms. The number of rotatable bonds is 7. The topological polar surface area (TPSA) is 68.7 Å². The van der Waals surface area contributed by atoms with Crippen LogP contribution in [-0.4, -0.2) is 59.1 Å². The van der Waals surface area contributed by atoms with Gasteiger partial charge in [0.2, 0.25) is 0 Å². The molecule has 2 amide bonds. The fourth-order valence-corrected chi connectivity index (χ4v) is 3.87. The summed E-state index contributed by atoms with van der Waals surface area (Å²) in [4.78, 5) is 20.6. The van der Waals surface area contributed by atoms with Gasteiger partial charge in [0.05, 0.1) is 6.10 Å². The van der Waals surface area contributed by atoms with Crippen molar-refractivity contribution in [1.82, 2.24) is 20.1 Å². The highest BCUT2D eigenvalue weighted by Gasteiger charge is 2.23. The second-order valence-electron chi connectivity index (χ2n) is 8.10. The van der Waals surface area contributed by atoms with Crippen molar-refractivity contribution in [3.05, 3.63) is 65.2 Å². The zero-order chi connectivity index (χ0) is 21.5. The monoisotopic (exact) mass is 414 g/mol. The number of hydrogen-bond acceptors (Lipinski definition) is 4. The second kappa shape index (κ2) is 10.5. The number of aromatic nitrogens is 1. The Morgan fingerprint density at radius 2 is 2.00 bits per heavy atom. The maximum atomic E-state index is 13.0. The number of likely N-dealkylation sites (tertiary alicyclic amines) is 1. The smallest absolute Gasteiger partial charge is 0.317 e. The van der Waals surface area contributed by atoms with Gasteiger partial charge in [-0.1, -0.05) is 18.2 Å². The Hall–Kier alpha value is -2.51. The number of urea groups is 1. The molecule has 6 nitrogen and oxygen atoms in total. The largest absolute Gasteiger partial charge is 0.387 e. The Labute approximate surface area is 177 Å². The van der Waals surface area contributed by atoms with Crippen LogP contribution in [0.15, 0.2) is 42.6 Å². The van der Waals surface area contributed by atoms with Gasteiger partial charge >= 0.3 is 6.03 Å². The first kappa shape index (κ1) is 22.2. The molecule has 0 saturated carbocycles. The zero-order valence-corrected chi connectivity index (χ0v) is 17.7. The average Bonchev–Trinajstić information content (AvgIpc) is 2.74. The predicted octanol–water partition coefficient (Wildman–Crippen LogP) is 3.12. The van der Waals surface area contributed by atoms with Crippen molar-refractivity contribution >= 4 is 6.03 Å². The number of halogens is 1. The van der Waals surface area contributed by atoms with Gasteiger partial charge in [-0.05, 0) is 68.1 Å². The van der Waals surface area contributed by atoms with Gasteiger partial charge in [-0.15, -0.1) is 0 Å². The normalized spacial score (nSPS) is 16.3. The van der Waals surface area contributed by atoms with E-state index in [0.717, 1.165) is 42.8 Å². The van der Waals surface area contributed by atoms with Crippen LogP contribution in [0.3, 0.4) is 0 Å². The fourth-order valence-electron chi connectivity index (χ4n) is 3.87. The van der Waals surface area contributed by atoms with Crippen LogP contribution in [0.1, 0.15) is 35.8 Å². The minimum Gasteiger partial charge on any atom is -0.387 e. The van der Waals surface area contributed by atoms with E-state index >= 15 is 0 Å². The van der Waals surface area contributed by atoms with Gasteiger partial charge in [0.1, 0.15) is 5.82 Å². The molecule has 1 aromatic carbocycles. The number of pyridine rings is 1. The minimum atomic E-state index is -0.619. The van der Waals surface area contributed by atoms with Crippen LogP contribution in [0, 0.1) is 18.7 Å². The third kappa shape index (κ3) is 6.24.